The largest absolute Gasteiger partial charge is 0.511 e. The second-order valence-electron chi connectivity index (χ2n) is 7.49. The maximum atomic E-state index is 13.0. The van der Waals surface area contributed by atoms with E-state index < -0.39 is 34.9 Å². The minimum atomic E-state index is -1.08. The number of fused-ring (bicyclic) bond motifs is 3. The Hall–Kier alpha value is -3.09. The number of aromatic hydroxyl groups is 1. The Kier molecular flexibility index (Phi) is 3.66. The Labute approximate surface area is 154 Å². The van der Waals surface area contributed by atoms with Gasteiger partial charge in [0.1, 0.15) is 22.8 Å². The summed E-state index contributed by atoms with van der Waals surface area (Å²) in [6.45, 7) is 1.90. The number of phenols is 1. The van der Waals surface area contributed by atoms with Gasteiger partial charge in [-0.1, -0.05) is 19.1 Å². The first-order valence-electron chi connectivity index (χ1n) is 8.79. The van der Waals surface area contributed by atoms with Gasteiger partial charge in [-0.25, -0.2) is 0 Å². The number of carbonyl (C=O) groups excluding carboxylic acids is 3. The van der Waals surface area contributed by atoms with Crippen LogP contribution in [0.4, 0.5) is 0 Å². The lowest BCUT2D eigenvalue weighted by Gasteiger charge is -2.43. The molecule has 0 radical (unpaired) electrons. The molecule has 7 heteroatoms. The number of rotatable bonds is 1. The van der Waals surface area contributed by atoms with Gasteiger partial charge in [-0.2, -0.15) is 0 Å². The van der Waals surface area contributed by atoms with Crippen molar-refractivity contribution in [3.05, 3.63) is 52.0 Å². The second-order valence-corrected chi connectivity index (χ2v) is 7.49. The zero-order valence-electron chi connectivity index (χ0n) is 14.6. The first kappa shape index (κ1) is 17.3. The van der Waals surface area contributed by atoms with Crippen LogP contribution in [-0.4, -0.2) is 32.8 Å². The van der Waals surface area contributed by atoms with Gasteiger partial charge in [-0.3, -0.25) is 14.4 Å². The van der Waals surface area contributed by atoms with Crippen LogP contribution < -0.4 is 5.73 Å². The van der Waals surface area contributed by atoms with Gasteiger partial charge in [0.25, 0.3) is 5.91 Å². The third kappa shape index (κ3) is 2.24. The molecule has 0 saturated heterocycles. The van der Waals surface area contributed by atoms with Gasteiger partial charge in [0, 0.05) is 12.0 Å². The van der Waals surface area contributed by atoms with E-state index in [1.54, 1.807) is 12.1 Å². The molecule has 0 bridgehead atoms. The molecule has 0 saturated carbocycles. The number of hydrogen-bond acceptors (Lipinski definition) is 6. The number of benzene rings is 1. The Morgan fingerprint density at radius 3 is 2.56 bits per heavy atom. The molecule has 0 aromatic heterocycles. The summed E-state index contributed by atoms with van der Waals surface area (Å²) < 4.78 is 0. The molecule has 1 amide bonds. The van der Waals surface area contributed by atoms with Crippen molar-refractivity contribution in [1.29, 1.82) is 0 Å². The van der Waals surface area contributed by atoms with Crippen molar-refractivity contribution in [1.82, 2.24) is 0 Å². The van der Waals surface area contributed by atoms with Crippen LogP contribution in [0.3, 0.4) is 0 Å². The molecule has 4 atom stereocenters. The van der Waals surface area contributed by atoms with Crippen LogP contribution >= 0.6 is 0 Å². The minimum absolute atomic E-state index is 0.0380. The summed E-state index contributed by atoms with van der Waals surface area (Å²) in [4.78, 5) is 37.3. The van der Waals surface area contributed by atoms with Crippen molar-refractivity contribution < 1.29 is 29.7 Å². The standard InChI is InChI=1S/C20H19NO6/c1-7-9-3-2-4-11(22)14(9)19(26)15-10(7)5-8-6-12(23)16(20(21)27)18(25)13(8)17(15)24/h2-4,7-8,10,13,22-24H,5-6H2,1H3,(H2,21,27)/t7-,8-,10+,13?/m0/s1. The number of allylic oxidation sites excluding steroid dienone is 3. The molecule has 3 aliphatic rings. The number of ketones is 2. The van der Waals surface area contributed by atoms with Crippen molar-refractivity contribution in [3.8, 4) is 5.75 Å². The summed E-state index contributed by atoms with van der Waals surface area (Å²) in [5.41, 5.74) is 5.63. The topological polar surface area (TPSA) is 138 Å². The van der Waals surface area contributed by atoms with Gasteiger partial charge < -0.3 is 21.1 Å². The van der Waals surface area contributed by atoms with E-state index in [-0.39, 0.29) is 46.7 Å². The Balaban J connectivity index is 1.89. The van der Waals surface area contributed by atoms with E-state index in [1.165, 1.54) is 6.07 Å². The fourth-order valence-electron chi connectivity index (χ4n) is 4.89. The van der Waals surface area contributed by atoms with E-state index in [9.17, 15) is 29.7 Å². The fourth-order valence-corrected chi connectivity index (χ4v) is 4.89. The number of aliphatic hydroxyl groups is 2. The Morgan fingerprint density at radius 2 is 1.89 bits per heavy atom. The fraction of sp³-hybridized carbons (Fsp3) is 0.350. The predicted octanol–water partition coefficient (Wildman–Crippen LogP) is 2.03. The molecule has 1 aromatic carbocycles. The molecule has 1 aromatic rings. The second kappa shape index (κ2) is 5.70. The molecule has 5 N–H and O–H groups in total. The lowest BCUT2D eigenvalue weighted by molar-refractivity contribution is -0.126. The van der Waals surface area contributed by atoms with Crippen LogP contribution in [0.1, 0.15) is 41.6 Å². The van der Waals surface area contributed by atoms with Gasteiger partial charge in [0.2, 0.25) is 0 Å². The number of primary amides is 1. The van der Waals surface area contributed by atoms with Gasteiger partial charge >= 0.3 is 0 Å². The molecular formula is C20H19NO6. The van der Waals surface area contributed by atoms with Gasteiger partial charge in [0.15, 0.2) is 11.6 Å². The summed E-state index contributed by atoms with van der Waals surface area (Å²) in [5.74, 6) is -5.25. The van der Waals surface area contributed by atoms with Gasteiger partial charge in [-0.05, 0) is 35.8 Å². The maximum absolute atomic E-state index is 13.0. The third-order valence-corrected chi connectivity index (χ3v) is 6.13. The molecule has 1 unspecified atom stereocenters. The smallest absolute Gasteiger partial charge is 0.255 e. The van der Waals surface area contributed by atoms with Crippen LogP contribution in [0.15, 0.2) is 40.9 Å². The molecule has 4 rings (SSSR count). The van der Waals surface area contributed by atoms with E-state index in [1.807, 2.05) is 6.92 Å². The van der Waals surface area contributed by atoms with Crippen LogP contribution in [-0.2, 0) is 9.59 Å². The van der Waals surface area contributed by atoms with Crippen molar-refractivity contribution >= 4 is 17.5 Å². The molecule has 7 nitrogen and oxygen atoms in total. The first-order chi connectivity index (χ1) is 12.7. The number of phenolic OH excluding ortho intramolecular Hbond substituents is 1. The number of hydrogen-bond donors (Lipinski definition) is 4. The summed E-state index contributed by atoms with van der Waals surface area (Å²) >= 11 is 0. The highest BCUT2D eigenvalue weighted by Crippen LogP contribution is 2.53. The van der Waals surface area contributed by atoms with Crippen molar-refractivity contribution in [2.75, 3.05) is 0 Å². The summed E-state index contributed by atoms with van der Waals surface area (Å²) in [6, 6.07) is 4.84. The number of amides is 1. The SMILES string of the molecule is C[C@H]1c2cccc(O)c2C(=O)C2=C(O)C3C(=O)C(C(N)=O)=C(O)C[C@@H]3C[C@@H]21. The van der Waals surface area contributed by atoms with Crippen LogP contribution in [0, 0.1) is 17.8 Å². The van der Waals surface area contributed by atoms with Gasteiger partial charge in [0.05, 0.1) is 11.5 Å². The summed E-state index contributed by atoms with van der Waals surface area (Å²) in [5, 5.41) is 31.1. The molecule has 0 aliphatic heterocycles. The average Bonchev–Trinajstić information content (AvgIpc) is 2.58. The van der Waals surface area contributed by atoms with E-state index in [4.69, 9.17) is 5.73 Å². The van der Waals surface area contributed by atoms with E-state index >= 15 is 0 Å². The predicted molar refractivity (Wildman–Crippen MR) is 94.1 cm³/mol. The molecule has 0 fully saturated rings. The van der Waals surface area contributed by atoms with Crippen molar-refractivity contribution in [2.45, 2.75) is 25.7 Å². The van der Waals surface area contributed by atoms with Crippen LogP contribution in [0.2, 0.25) is 0 Å². The molecule has 3 aliphatic carbocycles. The Bertz CT molecular complexity index is 973. The van der Waals surface area contributed by atoms with Crippen LogP contribution in [0.25, 0.3) is 0 Å². The number of Topliss-reactive ketones (excluding diaryl/α,β-unsaturated/α-hetero) is 2. The van der Waals surface area contributed by atoms with Crippen molar-refractivity contribution in [3.63, 3.8) is 0 Å². The normalized spacial score (nSPS) is 30.0. The average molecular weight is 369 g/mol. The Morgan fingerprint density at radius 1 is 1.19 bits per heavy atom. The lowest BCUT2D eigenvalue weighted by Crippen LogP contribution is -2.44. The number of carbonyl (C=O) groups is 3. The highest BCUT2D eigenvalue weighted by atomic mass is 16.3. The number of nitrogens with two attached hydrogens (primary N) is 1. The molecule has 0 spiro atoms. The van der Waals surface area contributed by atoms with E-state index in [0.29, 0.717) is 12.0 Å². The highest BCUT2D eigenvalue weighted by molar-refractivity contribution is 6.22. The summed E-state index contributed by atoms with van der Waals surface area (Å²) in [6.07, 6.45) is 0.435. The van der Waals surface area contributed by atoms with E-state index in [2.05, 4.69) is 0 Å². The molecule has 0 heterocycles. The van der Waals surface area contributed by atoms with Crippen LogP contribution in [0.5, 0.6) is 5.75 Å². The lowest BCUT2D eigenvalue weighted by atomic mass is 9.60. The molecular weight excluding hydrogens is 350 g/mol. The minimum Gasteiger partial charge on any atom is -0.511 e. The zero-order valence-corrected chi connectivity index (χ0v) is 14.6. The van der Waals surface area contributed by atoms with Gasteiger partial charge in [-0.15, -0.1) is 0 Å². The molecule has 140 valence electrons. The maximum Gasteiger partial charge on any atom is 0.255 e. The quantitative estimate of drug-likeness (QED) is 0.559. The third-order valence-electron chi connectivity index (χ3n) is 6.13. The zero-order chi connectivity index (χ0) is 19.6. The number of aliphatic hydroxyl groups excluding tert-OH is 2. The summed E-state index contributed by atoms with van der Waals surface area (Å²) in [7, 11) is 0. The molecule has 27 heavy (non-hydrogen) atoms. The first-order valence-corrected chi connectivity index (χ1v) is 8.79. The monoisotopic (exact) mass is 369 g/mol. The van der Waals surface area contributed by atoms with E-state index in [0.717, 1.165) is 0 Å². The highest BCUT2D eigenvalue weighted by Gasteiger charge is 2.51. The van der Waals surface area contributed by atoms with Crippen molar-refractivity contribution in [2.24, 2.45) is 23.5 Å².